The molecule has 0 fully saturated rings. The molecular formula is C13H20N2O2. The lowest BCUT2D eigenvalue weighted by Crippen LogP contribution is -2.14. The van der Waals surface area contributed by atoms with Crippen LogP contribution in [0.4, 0.5) is 10.5 Å². The van der Waals surface area contributed by atoms with Crippen molar-refractivity contribution in [2.45, 2.75) is 32.7 Å². The van der Waals surface area contributed by atoms with E-state index in [0.717, 1.165) is 24.8 Å². The Labute approximate surface area is 102 Å². The van der Waals surface area contributed by atoms with Gasteiger partial charge in [0, 0.05) is 12.2 Å². The summed E-state index contributed by atoms with van der Waals surface area (Å²) in [6, 6.07) is 7.42. The first-order valence-electron chi connectivity index (χ1n) is 5.99. The zero-order valence-corrected chi connectivity index (χ0v) is 10.2. The molecule has 0 aliphatic heterocycles. The molecule has 0 radical (unpaired) electrons. The van der Waals surface area contributed by atoms with Gasteiger partial charge in [0.2, 0.25) is 0 Å². The van der Waals surface area contributed by atoms with E-state index in [4.69, 9.17) is 10.5 Å². The summed E-state index contributed by atoms with van der Waals surface area (Å²) in [5.74, 6) is 0. The molecule has 0 unspecified atom stereocenters. The van der Waals surface area contributed by atoms with Crippen LogP contribution in [0.2, 0.25) is 0 Å². The van der Waals surface area contributed by atoms with E-state index in [2.05, 4.69) is 12.2 Å². The number of hydrogen-bond donors (Lipinski definition) is 2. The third kappa shape index (κ3) is 5.36. The fourth-order valence-electron chi connectivity index (χ4n) is 1.45. The first-order valence-corrected chi connectivity index (χ1v) is 5.99. The summed E-state index contributed by atoms with van der Waals surface area (Å²) in [6.07, 6.45) is 2.70. The molecule has 0 aliphatic rings. The van der Waals surface area contributed by atoms with Crippen LogP contribution in [0.5, 0.6) is 0 Å². The standard InChI is InChI=1S/C13H20N2O2/c1-2-3-4-8-17-13(16)15-12-7-5-6-11(9-12)10-14/h5-7,9H,2-4,8,10,14H2,1H3,(H,15,16). The van der Waals surface area contributed by atoms with Crippen LogP contribution in [0.25, 0.3) is 0 Å². The van der Waals surface area contributed by atoms with Crippen molar-refractivity contribution in [3.05, 3.63) is 29.8 Å². The maximum absolute atomic E-state index is 11.4. The second kappa shape index (κ2) is 7.68. The predicted octanol–water partition coefficient (Wildman–Crippen LogP) is 2.88. The quantitative estimate of drug-likeness (QED) is 0.746. The number of nitrogens with two attached hydrogens (primary N) is 1. The topological polar surface area (TPSA) is 64.3 Å². The monoisotopic (exact) mass is 236 g/mol. The Morgan fingerprint density at radius 2 is 2.24 bits per heavy atom. The molecule has 1 amide bonds. The molecule has 94 valence electrons. The minimum atomic E-state index is -0.407. The van der Waals surface area contributed by atoms with Gasteiger partial charge in [-0.05, 0) is 24.1 Å². The van der Waals surface area contributed by atoms with Crippen LogP contribution in [-0.4, -0.2) is 12.7 Å². The van der Waals surface area contributed by atoms with Gasteiger partial charge < -0.3 is 10.5 Å². The Kier molecular flexibility index (Phi) is 6.10. The fraction of sp³-hybridized carbons (Fsp3) is 0.462. The van der Waals surface area contributed by atoms with Crippen LogP contribution < -0.4 is 11.1 Å². The highest BCUT2D eigenvalue weighted by atomic mass is 16.5. The number of ether oxygens (including phenoxy) is 1. The molecule has 1 aromatic carbocycles. The van der Waals surface area contributed by atoms with E-state index in [-0.39, 0.29) is 0 Å². The van der Waals surface area contributed by atoms with E-state index in [1.807, 2.05) is 24.3 Å². The smallest absolute Gasteiger partial charge is 0.411 e. The molecular weight excluding hydrogens is 216 g/mol. The van der Waals surface area contributed by atoms with Crippen LogP contribution in [0.3, 0.4) is 0 Å². The molecule has 0 aliphatic carbocycles. The lowest BCUT2D eigenvalue weighted by molar-refractivity contribution is 0.159. The lowest BCUT2D eigenvalue weighted by Gasteiger charge is -2.07. The number of anilines is 1. The molecule has 0 saturated heterocycles. The highest BCUT2D eigenvalue weighted by Gasteiger charge is 2.02. The minimum Gasteiger partial charge on any atom is -0.449 e. The number of amides is 1. The summed E-state index contributed by atoms with van der Waals surface area (Å²) in [4.78, 5) is 11.4. The van der Waals surface area contributed by atoms with Gasteiger partial charge in [0.25, 0.3) is 0 Å². The average Bonchev–Trinajstić information content (AvgIpc) is 2.35. The Hall–Kier alpha value is -1.55. The van der Waals surface area contributed by atoms with Crippen molar-refractivity contribution in [2.75, 3.05) is 11.9 Å². The number of nitrogens with one attached hydrogen (secondary N) is 1. The van der Waals surface area contributed by atoms with E-state index in [0.29, 0.717) is 18.8 Å². The van der Waals surface area contributed by atoms with Gasteiger partial charge in [-0.15, -0.1) is 0 Å². The van der Waals surface area contributed by atoms with Crippen molar-refractivity contribution < 1.29 is 9.53 Å². The van der Waals surface area contributed by atoms with E-state index in [1.165, 1.54) is 0 Å². The molecule has 1 rings (SSSR count). The van der Waals surface area contributed by atoms with Crippen molar-refractivity contribution in [3.63, 3.8) is 0 Å². The van der Waals surface area contributed by atoms with Gasteiger partial charge in [0.1, 0.15) is 0 Å². The van der Waals surface area contributed by atoms with Crippen LogP contribution in [-0.2, 0) is 11.3 Å². The minimum absolute atomic E-state index is 0.407. The van der Waals surface area contributed by atoms with E-state index < -0.39 is 6.09 Å². The summed E-state index contributed by atoms with van der Waals surface area (Å²) in [6.45, 7) is 3.04. The molecule has 0 saturated carbocycles. The summed E-state index contributed by atoms with van der Waals surface area (Å²) in [5, 5.41) is 2.68. The summed E-state index contributed by atoms with van der Waals surface area (Å²) in [7, 11) is 0. The Morgan fingerprint density at radius 3 is 2.94 bits per heavy atom. The maximum Gasteiger partial charge on any atom is 0.411 e. The normalized spacial score (nSPS) is 10.0. The third-order valence-electron chi connectivity index (χ3n) is 2.39. The molecule has 0 heterocycles. The zero-order valence-electron chi connectivity index (χ0n) is 10.2. The summed E-state index contributed by atoms with van der Waals surface area (Å²) >= 11 is 0. The summed E-state index contributed by atoms with van der Waals surface area (Å²) < 4.78 is 5.04. The van der Waals surface area contributed by atoms with Crippen LogP contribution >= 0.6 is 0 Å². The molecule has 0 bridgehead atoms. The van der Waals surface area contributed by atoms with Gasteiger partial charge in [-0.25, -0.2) is 4.79 Å². The number of carbonyl (C=O) groups excluding carboxylic acids is 1. The zero-order chi connectivity index (χ0) is 12.5. The first kappa shape index (κ1) is 13.5. The van der Waals surface area contributed by atoms with Gasteiger partial charge in [-0.3, -0.25) is 5.32 Å². The molecule has 0 spiro atoms. The van der Waals surface area contributed by atoms with Gasteiger partial charge in [-0.1, -0.05) is 31.9 Å². The average molecular weight is 236 g/mol. The molecule has 17 heavy (non-hydrogen) atoms. The maximum atomic E-state index is 11.4. The van der Waals surface area contributed by atoms with E-state index in [9.17, 15) is 4.79 Å². The van der Waals surface area contributed by atoms with Crippen molar-refractivity contribution in [3.8, 4) is 0 Å². The van der Waals surface area contributed by atoms with Crippen LogP contribution in [0.15, 0.2) is 24.3 Å². The van der Waals surface area contributed by atoms with Gasteiger partial charge in [0.15, 0.2) is 0 Å². The highest BCUT2D eigenvalue weighted by molar-refractivity contribution is 5.84. The van der Waals surface area contributed by atoms with Gasteiger partial charge in [0.05, 0.1) is 6.61 Å². The van der Waals surface area contributed by atoms with Crippen LogP contribution in [0, 0.1) is 0 Å². The van der Waals surface area contributed by atoms with Gasteiger partial charge >= 0.3 is 6.09 Å². The second-order valence-corrected chi connectivity index (χ2v) is 3.87. The second-order valence-electron chi connectivity index (χ2n) is 3.87. The first-order chi connectivity index (χ1) is 8.26. The Morgan fingerprint density at radius 1 is 1.41 bits per heavy atom. The number of hydrogen-bond acceptors (Lipinski definition) is 3. The molecule has 0 atom stereocenters. The SMILES string of the molecule is CCCCCOC(=O)Nc1cccc(CN)c1. The fourth-order valence-corrected chi connectivity index (χ4v) is 1.45. The molecule has 1 aromatic rings. The third-order valence-corrected chi connectivity index (χ3v) is 2.39. The number of benzene rings is 1. The number of rotatable bonds is 6. The number of carbonyl (C=O) groups is 1. The Bertz CT molecular complexity index is 353. The largest absolute Gasteiger partial charge is 0.449 e. The van der Waals surface area contributed by atoms with E-state index >= 15 is 0 Å². The lowest BCUT2D eigenvalue weighted by atomic mass is 10.2. The molecule has 3 N–H and O–H groups in total. The molecule has 0 aromatic heterocycles. The van der Waals surface area contributed by atoms with Crippen molar-refractivity contribution in [1.82, 2.24) is 0 Å². The Balaban J connectivity index is 2.34. The highest BCUT2D eigenvalue weighted by Crippen LogP contribution is 2.10. The summed E-state index contributed by atoms with van der Waals surface area (Å²) in [5.41, 5.74) is 7.22. The number of unbranched alkanes of at least 4 members (excludes halogenated alkanes) is 2. The van der Waals surface area contributed by atoms with Crippen LogP contribution in [0.1, 0.15) is 31.7 Å². The van der Waals surface area contributed by atoms with Gasteiger partial charge in [-0.2, -0.15) is 0 Å². The van der Waals surface area contributed by atoms with Crippen molar-refractivity contribution in [2.24, 2.45) is 5.73 Å². The molecule has 4 nitrogen and oxygen atoms in total. The molecule has 4 heteroatoms. The van der Waals surface area contributed by atoms with E-state index in [1.54, 1.807) is 0 Å². The van der Waals surface area contributed by atoms with Crippen molar-refractivity contribution >= 4 is 11.8 Å². The predicted molar refractivity (Wildman–Crippen MR) is 68.8 cm³/mol. The van der Waals surface area contributed by atoms with Crippen molar-refractivity contribution in [1.29, 1.82) is 0 Å².